The summed E-state index contributed by atoms with van der Waals surface area (Å²) in [4.78, 5) is 12.5. The molecule has 0 unspecified atom stereocenters. The standard InChI is InChI=1S/C17H22N2O2/c18-14-3-1-2-13(15(14)19)16(20)21-17-7-10-4-11(8-17)6-12(5-10)9-17/h1-3,10-12H,4-9,18-19H2. The van der Waals surface area contributed by atoms with Gasteiger partial charge in [-0.15, -0.1) is 0 Å². The van der Waals surface area contributed by atoms with Crippen LogP contribution in [0, 0.1) is 17.8 Å². The Labute approximate surface area is 124 Å². The average Bonchev–Trinajstić information content (AvgIpc) is 2.39. The van der Waals surface area contributed by atoms with Gasteiger partial charge in [0.05, 0.1) is 16.9 Å². The third kappa shape index (κ3) is 2.08. The van der Waals surface area contributed by atoms with Gasteiger partial charge in [0.1, 0.15) is 5.60 Å². The summed E-state index contributed by atoms with van der Waals surface area (Å²) >= 11 is 0. The van der Waals surface area contributed by atoms with Crippen molar-refractivity contribution in [3.05, 3.63) is 23.8 Å². The first kappa shape index (κ1) is 13.0. The fourth-order valence-electron chi connectivity index (χ4n) is 5.17. The summed E-state index contributed by atoms with van der Waals surface area (Å²) in [5, 5.41) is 0. The normalized spacial score (nSPS) is 36.7. The average molecular weight is 286 g/mol. The summed E-state index contributed by atoms with van der Waals surface area (Å²) in [7, 11) is 0. The predicted molar refractivity (Wildman–Crippen MR) is 81.6 cm³/mol. The predicted octanol–water partition coefficient (Wildman–Crippen LogP) is 2.98. The van der Waals surface area contributed by atoms with Crippen LogP contribution in [0.1, 0.15) is 48.9 Å². The molecule has 0 atom stereocenters. The van der Waals surface area contributed by atoms with E-state index in [1.165, 1.54) is 19.3 Å². The van der Waals surface area contributed by atoms with Crippen LogP contribution in [0.15, 0.2) is 18.2 Å². The molecule has 5 rings (SSSR count). The largest absolute Gasteiger partial charge is 0.455 e. The molecule has 0 aromatic heterocycles. The zero-order valence-electron chi connectivity index (χ0n) is 12.2. The fraction of sp³-hybridized carbons (Fsp3) is 0.588. The van der Waals surface area contributed by atoms with Crippen LogP contribution in [-0.4, -0.2) is 11.6 Å². The lowest BCUT2D eigenvalue weighted by Crippen LogP contribution is -2.52. The quantitative estimate of drug-likeness (QED) is 0.647. The molecule has 1 aromatic carbocycles. The Morgan fingerprint density at radius 3 is 2.19 bits per heavy atom. The molecule has 4 N–H and O–H groups in total. The van der Waals surface area contributed by atoms with Gasteiger partial charge in [0.25, 0.3) is 0 Å². The van der Waals surface area contributed by atoms with Gasteiger partial charge in [0, 0.05) is 0 Å². The van der Waals surface area contributed by atoms with Crippen LogP contribution in [0.2, 0.25) is 0 Å². The molecule has 1 aromatic rings. The molecule has 4 bridgehead atoms. The Bertz CT molecular complexity index is 561. The molecule has 0 radical (unpaired) electrons. The molecule has 4 fully saturated rings. The summed E-state index contributed by atoms with van der Waals surface area (Å²) in [5.41, 5.74) is 12.7. The number of hydrogen-bond acceptors (Lipinski definition) is 4. The van der Waals surface area contributed by atoms with Crippen molar-refractivity contribution in [3.63, 3.8) is 0 Å². The molecule has 112 valence electrons. The fourth-order valence-corrected chi connectivity index (χ4v) is 5.17. The molecule has 21 heavy (non-hydrogen) atoms. The molecule has 4 saturated carbocycles. The lowest BCUT2D eigenvalue weighted by Gasteiger charge is -2.55. The Hall–Kier alpha value is -1.71. The minimum Gasteiger partial charge on any atom is -0.455 e. The number of nitrogens with two attached hydrogens (primary N) is 2. The molecule has 4 heteroatoms. The molecule has 4 aliphatic carbocycles. The van der Waals surface area contributed by atoms with Gasteiger partial charge in [-0.25, -0.2) is 4.79 Å². The zero-order chi connectivity index (χ0) is 14.6. The van der Waals surface area contributed by atoms with Crippen LogP contribution in [0.4, 0.5) is 11.4 Å². The minimum atomic E-state index is -0.304. The van der Waals surface area contributed by atoms with Gasteiger partial charge < -0.3 is 16.2 Å². The van der Waals surface area contributed by atoms with Gasteiger partial charge in [-0.1, -0.05) is 6.07 Å². The highest BCUT2D eigenvalue weighted by atomic mass is 16.6. The van der Waals surface area contributed by atoms with E-state index >= 15 is 0 Å². The number of rotatable bonds is 2. The molecule has 0 aliphatic heterocycles. The van der Waals surface area contributed by atoms with Crippen LogP contribution in [0.3, 0.4) is 0 Å². The van der Waals surface area contributed by atoms with E-state index in [1.807, 2.05) is 0 Å². The third-order valence-electron chi connectivity index (χ3n) is 5.65. The van der Waals surface area contributed by atoms with E-state index in [4.69, 9.17) is 16.2 Å². The number of carbonyl (C=O) groups excluding carboxylic acids is 1. The maximum absolute atomic E-state index is 12.5. The van der Waals surface area contributed by atoms with Crippen molar-refractivity contribution in [2.75, 3.05) is 11.5 Å². The van der Waals surface area contributed by atoms with Crippen molar-refractivity contribution in [1.82, 2.24) is 0 Å². The summed E-state index contributed by atoms with van der Waals surface area (Å²) in [6, 6.07) is 5.16. The van der Waals surface area contributed by atoms with E-state index in [0.29, 0.717) is 16.9 Å². The number of anilines is 2. The number of hydrogen-bond donors (Lipinski definition) is 2. The van der Waals surface area contributed by atoms with E-state index in [0.717, 1.165) is 37.0 Å². The lowest BCUT2D eigenvalue weighted by atomic mass is 9.54. The SMILES string of the molecule is Nc1cccc(C(=O)OC23CC4CC(CC(C4)C2)C3)c1N. The number of ether oxygens (including phenoxy) is 1. The molecule has 0 heterocycles. The highest BCUT2D eigenvalue weighted by Gasteiger charge is 2.53. The van der Waals surface area contributed by atoms with Gasteiger partial charge >= 0.3 is 5.97 Å². The smallest absolute Gasteiger partial charge is 0.340 e. The maximum Gasteiger partial charge on any atom is 0.340 e. The topological polar surface area (TPSA) is 78.3 Å². The van der Waals surface area contributed by atoms with Crippen molar-refractivity contribution in [2.45, 2.75) is 44.1 Å². The first-order valence-corrected chi connectivity index (χ1v) is 7.92. The number of nitrogen functional groups attached to an aromatic ring is 2. The molecular weight excluding hydrogens is 264 g/mol. The minimum absolute atomic E-state index is 0.233. The van der Waals surface area contributed by atoms with Gasteiger partial charge in [-0.05, 0) is 68.4 Å². The van der Waals surface area contributed by atoms with Crippen molar-refractivity contribution >= 4 is 17.3 Å². The molecule has 4 aliphatic rings. The molecule has 0 amide bonds. The van der Waals surface area contributed by atoms with E-state index < -0.39 is 0 Å². The van der Waals surface area contributed by atoms with E-state index in [2.05, 4.69) is 0 Å². The number of carbonyl (C=O) groups is 1. The van der Waals surface area contributed by atoms with Gasteiger partial charge in [0.15, 0.2) is 0 Å². The molecule has 0 spiro atoms. The van der Waals surface area contributed by atoms with Crippen molar-refractivity contribution in [3.8, 4) is 0 Å². The number of benzene rings is 1. The first-order valence-electron chi connectivity index (χ1n) is 7.92. The van der Waals surface area contributed by atoms with Crippen molar-refractivity contribution in [1.29, 1.82) is 0 Å². The second-order valence-corrected chi connectivity index (χ2v) is 7.30. The lowest BCUT2D eigenvalue weighted by molar-refractivity contribution is -0.131. The summed E-state index contributed by atoms with van der Waals surface area (Å²) < 4.78 is 6.00. The molecular formula is C17H22N2O2. The Balaban J connectivity index is 1.58. The van der Waals surface area contributed by atoms with Crippen molar-refractivity contribution < 1.29 is 9.53 Å². The molecule has 4 nitrogen and oxygen atoms in total. The van der Waals surface area contributed by atoms with Gasteiger partial charge in [-0.3, -0.25) is 0 Å². The summed E-state index contributed by atoms with van der Waals surface area (Å²) in [5.74, 6) is 1.95. The van der Waals surface area contributed by atoms with Crippen molar-refractivity contribution in [2.24, 2.45) is 17.8 Å². The third-order valence-corrected chi connectivity index (χ3v) is 5.65. The van der Waals surface area contributed by atoms with Gasteiger partial charge in [0.2, 0.25) is 0 Å². The van der Waals surface area contributed by atoms with Gasteiger partial charge in [-0.2, -0.15) is 0 Å². The number of esters is 1. The van der Waals surface area contributed by atoms with Crippen LogP contribution >= 0.6 is 0 Å². The van der Waals surface area contributed by atoms with Crippen LogP contribution < -0.4 is 11.5 Å². The second kappa shape index (κ2) is 4.39. The van der Waals surface area contributed by atoms with Crippen LogP contribution in [0.5, 0.6) is 0 Å². The second-order valence-electron chi connectivity index (χ2n) is 7.30. The van der Waals surface area contributed by atoms with E-state index in [1.54, 1.807) is 18.2 Å². The van der Waals surface area contributed by atoms with Crippen LogP contribution in [0.25, 0.3) is 0 Å². The summed E-state index contributed by atoms with van der Waals surface area (Å²) in [6.07, 6.45) is 7.10. The first-order chi connectivity index (χ1) is 10.0. The Kier molecular flexibility index (Phi) is 2.72. The monoisotopic (exact) mass is 286 g/mol. The Morgan fingerprint density at radius 2 is 1.62 bits per heavy atom. The van der Waals surface area contributed by atoms with E-state index in [9.17, 15) is 4.79 Å². The number of para-hydroxylation sites is 1. The Morgan fingerprint density at radius 1 is 1.05 bits per heavy atom. The zero-order valence-corrected chi connectivity index (χ0v) is 12.2. The maximum atomic E-state index is 12.5. The summed E-state index contributed by atoms with van der Waals surface area (Å²) in [6.45, 7) is 0. The van der Waals surface area contributed by atoms with Crippen LogP contribution in [-0.2, 0) is 4.74 Å². The highest BCUT2D eigenvalue weighted by molar-refractivity contribution is 5.98. The van der Waals surface area contributed by atoms with E-state index in [-0.39, 0.29) is 11.6 Å². The highest BCUT2D eigenvalue weighted by Crippen LogP contribution is 2.57. The molecule has 0 saturated heterocycles.